The third-order valence-corrected chi connectivity index (χ3v) is 6.97. The SMILES string of the molecule is CCNc1ccc(SCC2=C(C(=O)O)N3C(=O)C(NC(=O)CC)C3SC2)cc1.NB=S.[B]=NS. The first kappa shape index (κ1) is 30.2. The van der Waals surface area contributed by atoms with Crippen LogP contribution in [0.2, 0.25) is 0 Å². The van der Waals surface area contributed by atoms with Gasteiger partial charge in [-0.05, 0) is 36.8 Å². The maximum atomic E-state index is 12.5. The zero-order valence-corrected chi connectivity index (χ0v) is 22.1. The Morgan fingerprint density at radius 3 is 2.50 bits per heavy atom. The van der Waals surface area contributed by atoms with Crippen LogP contribution in [-0.2, 0) is 14.4 Å². The van der Waals surface area contributed by atoms with E-state index in [4.69, 9.17) is 0 Å². The van der Waals surface area contributed by atoms with Crippen molar-refractivity contribution in [1.29, 1.82) is 0 Å². The van der Waals surface area contributed by atoms with Crippen LogP contribution in [0.1, 0.15) is 20.3 Å². The molecule has 9 nitrogen and oxygen atoms in total. The summed E-state index contributed by atoms with van der Waals surface area (Å²) in [5.41, 5.74) is 6.37. The number of anilines is 1. The standard InChI is InChI=1S/C19H23N3O4S2.BHNS.BH2NS/c1-3-14(23)21-15-17(24)22-16(19(25)26)11(10-28-18(15)22)9-27-13-7-5-12(6-8-13)20-4-2;1-2-3;2-1-3/h5-8,15,18,20H,3-4,9-10H2,1-2H3,(H,21,23)(H,25,26);3H;2H2. The number of nitrogens with one attached hydrogen (secondary N) is 2. The van der Waals surface area contributed by atoms with Gasteiger partial charge in [0, 0.05) is 35.1 Å². The molecule has 1 radical (unpaired) electrons. The molecule has 181 valence electrons. The van der Waals surface area contributed by atoms with E-state index in [0.29, 0.717) is 11.5 Å². The Hall–Kier alpha value is -1.83. The van der Waals surface area contributed by atoms with Gasteiger partial charge in [0.2, 0.25) is 5.91 Å². The average molecular weight is 538 g/mol. The van der Waals surface area contributed by atoms with Crippen molar-refractivity contribution < 1.29 is 19.5 Å². The second-order valence-corrected chi connectivity index (χ2v) is 9.32. The van der Waals surface area contributed by atoms with Crippen molar-refractivity contribution in [3.63, 3.8) is 0 Å². The molecule has 1 fully saturated rings. The zero-order chi connectivity index (χ0) is 25.7. The van der Waals surface area contributed by atoms with E-state index >= 15 is 0 Å². The van der Waals surface area contributed by atoms with E-state index in [1.807, 2.05) is 31.2 Å². The zero-order valence-electron chi connectivity index (χ0n) is 18.8. The summed E-state index contributed by atoms with van der Waals surface area (Å²) in [6, 6.07) is 7.33. The van der Waals surface area contributed by atoms with Gasteiger partial charge in [0.1, 0.15) is 17.1 Å². The number of amides is 2. The third-order valence-electron chi connectivity index (χ3n) is 4.54. The average Bonchev–Trinajstić information content (AvgIpc) is 2.82. The van der Waals surface area contributed by atoms with Crippen LogP contribution >= 0.6 is 48.4 Å². The van der Waals surface area contributed by atoms with E-state index in [2.05, 4.69) is 53.1 Å². The number of carboxylic acids is 1. The first-order valence-electron chi connectivity index (χ1n) is 10.1. The van der Waals surface area contributed by atoms with Crippen LogP contribution in [-0.4, -0.2) is 71.2 Å². The topological polar surface area (TPSA) is 137 Å². The summed E-state index contributed by atoms with van der Waals surface area (Å²) in [5, 5.41) is 15.3. The van der Waals surface area contributed by atoms with Crippen molar-refractivity contribution >= 4 is 85.8 Å². The Bertz CT molecular complexity index is 914. The van der Waals surface area contributed by atoms with E-state index in [9.17, 15) is 19.5 Å². The minimum atomic E-state index is -1.10. The number of hydrogen-bond donors (Lipinski definition) is 5. The molecule has 34 heavy (non-hydrogen) atoms. The molecule has 0 bridgehead atoms. The van der Waals surface area contributed by atoms with Gasteiger partial charge in [0.15, 0.2) is 0 Å². The number of hydrogen-bond acceptors (Lipinski definition) is 9. The molecule has 2 aliphatic rings. The minimum absolute atomic E-state index is 0.0625. The molecule has 15 heteroatoms. The van der Waals surface area contributed by atoms with Gasteiger partial charge in [-0.3, -0.25) is 14.5 Å². The predicted molar refractivity (Wildman–Crippen MR) is 146 cm³/mol. The quantitative estimate of drug-likeness (QED) is 0.146. The van der Waals surface area contributed by atoms with Crippen molar-refractivity contribution in [2.45, 2.75) is 36.6 Å². The number of thiol groups is 1. The molecular formula is C19H26B2N5O4S4. The van der Waals surface area contributed by atoms with E-state index in [1.54, 1.807) is 18.7 Å². The third kappa shape index (κ3) is 8.43. The molecule has 2 heterocycles. The molecule has 5 N–H and O–H groups in total. The van der Waals surface area contributed by atoms with E-state index in [-0.39, 0.29) is 29.3 Å². The summed E-state index contributed by atoms with van der Waals surface area (Å²) in [6.45, 7) is 4.60. The fraction of sp³-hybridized carbons (Fsp3) is 0.421. The van der Waals surface area contributed by atoms with Crippen LogP contribution in [0.3, 0.4) is 0 Å². The van der Waals surface area contributed by atoms with Crippen LogP contribution in [0, 0.1) is 0 Å². The summed E-state index contributed by atoms with van der Waals surface area (Å²) in [6.07, 6.45) is 1.37. The normalized spacial score (nSPS) is 17.9. The van der Waals surface area contributed by atoms with Gasteiger partial charge < -0.3 is 15.7 Å². The fourth-order valence-electron chi connectivity index (χ4n) is 3.11. The second-order valence-electron chi connectivity index (χ2n) is 6.66. The summed E-state index contributed by atoms with van der Waals surface area (Å²) in [7, 11) is 4.34. The van der Waals surface area contributed by atoms with Crippen molar-refractivity contribution in [3.8, 4) is 0 Å². The number of β-lactam (4-membered cyclic amide) rings is 1. The van der Waals surface area contributed by atoms with Gasteiger partial charge in [0.05, 0.1) is 0 Å². The van der Waals surface area contributed by atoms with E-state index in [1.165, 1.54) is 16.7 Å². The van der Waals surface area contributed by atoms with Crippen molar-refractivity contribution in [2.75, 3.05) is 23.4 Å². The van der Waals surface area contributed by atoms with Crippen LogP contribution in [0.5, 0.6) is 0 Å². The van der Waals surface area contributed by atoms with Gasteiger partial charge in [-0.1, -0.05) is 6.92 Å². The van der Waals surface area contributed by atoms with Crippen molar-refractivity contribution in [3.05, 3.63) is 35.5 Å². The number of aliphatic carboxylic acids is 1. The summed E-state index contributed by atoms with van der Waals surface area (Å²) >= 11 is 10.3. The Balaban J connectivity index is 0.000000872. The molecule has 1 aromatic rings. The number of carboxylic acid groups (broad SMARTS) is 1. The van der Waals surface area contributed by atoms with E-state index < -0.39 is 12.0 Å². The van der Waals surface area contributed by atoms with Gasteiger partial charge in [-0.15, -0.1) is 23.5 Å². The van der Waals surface area contributed by atoms with Crippen LogP contribution in [0.25, 0.3) is 0 Å². The first-order chi connectivity index (χ1) is 16.3. The van der Waals surface area contributed by atoms with E-state index in [0.717, 1.165) is 29.0 Å². The second kappa shape index (κ2) is 16.0. The van der Waals surface area contributed by atoms with Crippen molar-refractivity contribution in [1.82, 2.24) is 10.2 Å². The molecular weight excluding hydrogens is 512 g/mol. The molecule has 0 saturated carbocycles. The number of thioether (sulfide) groups is 2. The number of carbonyl (C=O) groups is 3. The number of fused-ring (bicyclic) bond motifs is 1. The molecule has 3 rings (SSSR count). The first-order valence-corrected chi connectivity index (χ1v) is 13.1. The molecule has 1 aromatic carbocycles. The molecule has 0 spiro atoms. The number of benzene rings is 1. The van der Waals surface area contributed by atoms with Gasteiger partial charge in [-0.25, -0.2) is 4.79 Å². The van der Waals surface area contributed by atoms with Crippen molar-refractivity contribution in [2.24, 2.45) is 9.95 Å². The molecule has 1 saturated heterocycles. The Kier molecular flexibility index (Phi) is 14.2. The predicted octanol–water partition coefficient (Wildman–Crippen LogP) is 2.22. The summed E-state index contributed by atoms with van der Waals surface area (Å²) in [5.74, 6) is -0.637. The molecule has 2 aliphatic heterocycles. The number of carbonyl (C=O) groups excluding carboxylic acids is 2. The Morgan fingerprint density at radius 2 is 2.00 bits per heavy atom. The molecule has 2 atom stereocenters. The summed E-state index contributed by atoms with van der Waals surface area (Å²) < 4.78 is 2.69. The van der Waals surface area contributed by atoms with Crippen LogP contribution in [0.4, 0.5) is 5.69 Å². The van der Waals surface area contributed by atoms with Crippen LogP contribution < -0.4 is 16.3 Å². The Morgan fingerprint density at radius 1 is 1.41 bits per heavy atom. The van der Waals surface area contributed by atoms with Crippen LogP contribution in [0.15, 0.2) is 44.7 Å². The number of nitrogens with two attached hydrogens (primary N) is 1. The van der Waals surface area contributed by atoms with Gasteiger partial charge >= 0.3 is 54.7 Å². The van der Waals surface area contributed by atoms with Gasteiger partial charge in [0.25, 0.3) is 5.91 Å². The molecule has 0 aromatic heterocycles. The Labute approximate surface area is 220 Å². The monoisotopic (exact) mass is 538 g/mol. The fourth-order valence-corrected chi connectivity index (χ4v) is 5.50. The van der Waals surface area contributed by atoms with Gasteiger partial charge in [-0.2, -0.15) is 0 Å². The summed E-state index contributed by atoms with van der Waals surface area (Å²) in [4.78, 5) is 38.3. The molecule has 2 amide bonds. The number of rotatable bonds is 8. The number of nitrogens with zero attached hydrogens (tertiary/aromatic N) is 2. The molecule has 0 aliphatic carbocycles. The molecule has 2 unspecified atom stereocenters. The maximum absolute atomic E-state index is 12.5.